The minimum absolute atomic E-state index is 0.108. The van der Waals surface area contributed by atoms with Crippen LogP contribution in [-0.2, 0) is 0 Å². The molecule has 0 radical (unpaired) electrons. The SMILES string of the molecule is COc1cc(N2CCC3(C)CN(CCCSC4NN=C(c5cnccn5)N4C)CC23)ccc1F. The summed E-state index contributed by atoms with van der Waals surface area (Å²) in [6.45, 7) is 6.64. The molecule has 2 saturated heterocycles. The van der Waals surface area contributed by atoms with E-state index in [1.165, 1.54) is 13.2 Å². The molecule has 2 aromatic rings. The molecule has 0 spiro atoms. The molecule has 5 rings (SSSR count). The molecule has 0 aliphatic carbocycles. The minimum Gasteiger partial charge on any atom is -0.494 e. The number of ether oxygens (including phenoxy) is 1. The second-order valence-electron chi connectivity index (χ2n) is 9.51. The monoisotopic (exact) mass is 485 g/mol. The van der Waals surface area contributed by atoms with Crippen LogP contribution in [0.4, 0.5) is 10.1 Å². The number of halogens is 1. The summed E-state index contributed by atoms with van der Waals surface area (Å²) in [4.78, 5) is 15.6. The predicted octanol–water partition coefficient (Wildman–Crippen LogP) is 2.83. The van der Waals surface area contributed by atoms with Crippen LogP contribution in [0, 0.1) is 11.2 Å². The Morgan fingerprint density at radius 1 is 1.32 bits per heavy atom. The average Bonchev–Trinajstić information content (AvgIpc) is 3.47. The molecule has 1 N–H and O–H groups in total. The van der Waals surface area contributed by atoms with Gasteiger partial charge >= 0.3 is 0 Å². The molecule has 0 amide bonds. The molecule has 2 fully saturated rings. The van der Waals surface area contributed by atoms with Gasteiger partial charge in [0.2, 0.25) is 0 Å². The first-order valence-corrected chi connectivity index (χ1v) is 12.8. The van der Waals surface area contributed by atoms with Crippen LogP contribution in [0.5, 0.6) is 5.75 Å². The van der Waals surface area contributed by atoms with E-state index in [0.29, 0.717) is 11.8 Å². The highest BCUT2D eigenvalue weighted by Crippen LogP contribution is 2.45. The third kappa shape index (κ3) is 4.40. The Hall–Kier alpha value is -2.59. The predicted molar refractivity (Wildman–Crippen MR) is 134 cm³/mol. The quantitative estimate of drug-likeness (QED) is 0.573. The zero-order valence-electron chi connectivity index (χ0n) is 19.9. The molecule has 3 unspecified atom stereocenters. The van der Waals surface area contributed by atoms with E-state index < -0.39 is 0 Å². The number of anilines is 1. The number of benzene rings is 1. The number of nitrogens with one attached hydrogen (secondary N) is 1. The number of fused-ring (bicyclic) bond motifs is 1. The van der Waals surface area contributed by atoms with Gasteiger partial charge in [-0.3, -0.25) is 10.4 Å². The van der Waals surface area contributed by atoms with Crippen molar-refractivity contribution < 1.29 is 9.13 Å². The number of nitrogens with zero attached hydrogens (tertiary/aromatic N) is 6. The molecular weight excluding hydrogens is 453 g/mol. The number of likely N-dealkylation sites (tertiary alicyclic amines) is 1. The Morgan fingerprint density at radius 3 is 3.00 bits per heavy atom. The van der Waals surface area contributed by atoms with Gasteiger partial charge in [0.05, 0.1) is 13.3 Å². The average molecular weight is 486 g/mol. The molecule has 3 aliphatic rings. The number of hydrazone groups is 1. The van der Waals surface area contributed by atoms with Crippen molar-refractivity contribution in [2.24, 2.45) is 10.5 Å². The second kappa shape index (κ2) is 9.58. The van der Waals surface area contributed by atoms with Crippen molar-refractivity contribution in [1.82, 2.24) is 25.2 Å². The summed E-state index contributed by atoms with van der Waals surface area (Å²) in [5.41, 5.74) is 5.42. The van der Waals surface area contributed by atoms with Gasteiger partial charge in [0, 0.05) is 62.3 Å². The Labute approximate surface area is 204 Å². The van der Waals surface area contributed by atoms with Gasteiger partial charge in [0.15, 0.2) is 22.9 Å². The highest BCUT2D eigenvalue weighted by atomic mass is 32.2. The molecule has 1 aromatic heterocycles. The van der Waals surface area contributed by atoms with Crippen LogP contribution in [0.3, 0.4) is 0 Å². The van der Waals surface area contributed by atoms with E-state index in [1.807, 2.05) is 30.9 Å². The molecule has 4 heterocycles. The van der Waals surface area contributed by atoms with Crippen LogP contribution in [0.25, 0.3) is 0 Å². The van der Waals surface area contributed by atoms with E-state index in [2.05, 4.69) is 42.1 Å². The van der Waals surface area contributed by atoms with E-state index in [0.717, 1.165) is 62.0 Å². The van der Waals surface area contributed by atoms with Gasteiger partial charge in [-0.2, -0.15) is 5.10 Å². The lowest BCUT2D eigenvalue weighted by Crippen LogP contribution is -2.38. The molecule has 8 nitrogen and oxygen atoms in total. The number of hydrogen-bond acceptors (Lipinski definition) is 9. The van der Waals surface area contributed by atoms with Crippen LogP contribution < -0.4 is 15.1 Å². The van der Waals surface area contributed by atoms with Gasteiger partial charge in [-0.25, -0.2) is 9.37 Å². The Kier molecular flexibility index (Phi) is 6.52. The van der Waals surface area contributed by atoms with E-state index >= 15 is 0 Å². The van der Waals surface area contributed by atoms with E-state index in [4.69, 9.17) is 4.74 Å². The van der Waals surface area contributed by atoms with E-state index in [1.54, 1.807) is 18.6 Å². The van der Waals surface area contributed by atoms with Gasteiger partial charge in [-0.05, 0) is 37.3 Å². The summed E-state index contributed by atoms with van der Waals surface area (Å²) in [6.07, 6.45) is 7.36. The minimum atomic E-state index is -0.310. The fraction of sp³-hybridized carbons (Fsp3) is 0.542. The summed E-state index contributed by atoms with van der Waals surface area (Å²) >= 11 is 1.86. The molecule has 3 atom stereocenters. The first-order chi connectivity index (χ1) is 16.5. The number of amidine groups is 1. The fourth-order valence-electron chi connectivity index (χ4n) is 5.38. The standard InChI is InChI=1S/C24H32FN7OS/c1-24-7-11-32(17-5-6-18(25)20(13-17)33-3)21(24)15-31(16-24)10-4-12-34-23-29-28-22(30(23)2)19-14-26-8-9-27-19/h5-6,8-9,13-14,21,23,29H,4,7,10-12,15-16H2,1-3H3. The summed E-state index contributed by atoms with van der Waals surface area (Å²) < 4.78 is 19.1. The number of aromatic nitrogens is 2. The lowest BCUT2D eigenvalue weighted by molar-refractivity contribution is 0.276. The maximum atomic E-state index is 13.9. The largest absolute Gasteiger partial charge is 0.494 e. The van der Waals surface area contributed by atoms with Crippen LogP contribution >= 0.6 is 11.8 Å². The van der Waals surface area contributed by atoms with Gasteiger partial charge < -0.3 is 19.4 Å². The lowest BCUT2D eigenvalue weighted by Gasteiger charge is -2.30. The number of methoxy groups -OCH3 is 1. The molecule has 1 aromatic carbocycles. The zero-order chi connectivity index (χ0) is 23.7. The summed E-state index contributed by atoms with van der Waals surface area (Å²) in [6, 6.07) is 5.68. The molecule has 0 bridgehead atoms. The van der Waals surface area contributed by atoms with Crippen molar-refractivity contribution in [2.75, 3.05) is 51.0 Å². The van der Waals surface area contributed by atoms with Gasteiger partial charge in [0.1, 0.15) is 5.69 Å². The van der Waals surface area contributed by atoms with E-state index in [9.17, 15) is 4.39 Å². The van der Waals surface area contributed by atoms with Crippen molar-refractivity contribution in [1.29, 1.82) is 0 Å². The van der Waals surface area contributed by atoms with E-state index in [-0.39, 0.29) is 16.7 Å². The molecule has 3 aliphatic heterocycles. The summed E-state index contributed by atoms with van der Waals surface area (Å²) in [5.74, 6) is 1.87. The zero-order valence-corrected chi connectivity index (χ0v) is 20.8. The van der Waals surface area contributed by atoms with Crippen molar-refractivity contribution in [3.63, 3.8) is 0 Å². The van der Waals surface area contributed by atoms with Crippen molar-refractivity contribution in [3.05, 3.63) is 48.3 Å². The van der Waals surface area contributed by atoms with Crippen LogP contribution in [-0.4, -0.2) is 83.2 Å². The number of rotatable bonds is 8. The lowest BCUT2D eigenvalue weighted by atomic mass is 9.85. The first kappa shape index (κ1) is 23.2. The second-order valence-corrected chi connectivity index (χ2v) is 10.7. The maximum absolute atomic E-state index is 13.9. The molecule has 34 heavy (non-hydrogen) atoms. The van der Waals surface area contributed by atoms with Crippen LogP contribution in [0.2, 0.25) is 0 Å². The summed E-state index contributed by atoms with van der Waals surface area (Å²) in [7, 11) is 3.56. The molecular formula is C24H32FN7OS. The highest BCUT2D eigenvalue weighted by Gasteiger charge is 2.50. The maximum Gasteiger partial charge on any atom is 0.178 e. The molecule has 10 heteroatoms. The van der Waals surface area contributed by atoms with Crippen molar-refractivity contribution in [3.8, 4) is 5.75 Å². The Morgan fingerprint density at radius 2 is 2.21 bits per heavy atom. The number of hydrogen-bond donors (Lipinski definition) is 1. The van der Waals surface area contributed by atoms with Gasteiger partial charge in [0.25, 0.3) is 0 Å². The van der Waals surface area contributed by atoms with Crippen molar-refractivity contribution >= 4 is 23.3 Å². The normalized spacial score (nSPS) is 26.5. The van der Waals surface area contributed by atoms with Crippen LogP contribution in [0.1, 0.15) is 25.5 Å². The number of thioether (sulfide) groups is 1. The topological polar surface area (TPSA) is 69.1 Å². The Balaban J connectivity index is 1.11. The smallest absolute Gasteiger partial charge is 0.178 e. The fourth-order valence-corrected chi connectivity index (χ4v) is 6.35. The first-order valence-electron chi connectivity index (χ1n) is 11.7. The third-order valence-corrected chi connectivity index (χ3v) is 8.50. The van der Waals surface area contributed by atoms with Crippen molar-refractivity contribution in [2.45, 2.75) is 31.3 Å². The Bertz CT molecular complexity index is 1040. The molecule has 0 saturated carbocycles. The highest BCUT2D eigenvalue weighted by molar-refractivity contribution is 7.99. The van der Waals surface area contributed by atoms with Gasteiger partial charge in [-0.15, -0.1) is 11.8 Å². The van der Waals surface area contributed by atoms with Gasteiger partial charge in [-0.1, -0.05) is 6.92 Å². The molecule has 182 valence electrons. The third-order valence-electron chi connectivity index (χ3n) is 7.24. The summed E-state index contributed by atoms with van der Waals surface area (Å²) in [5, 5.41) is 4.45. The van der Waals surface area contributed by atoms with Crippen LogP contribution in [0.15, 0.2) is 41.9 Å².